The van der Waals surface area contributed by atoms with Gasteiger partial charge in [-0.1, -0.05) is 6.92 Å². The zero-order valence-corrected chi connectivity index (χ0v) is 10.0. The first kappa shape index (κ1) is 11.3. The Hall–Kier alpha value is 0.227. The van der Waals surface area contributed by atoms with Crippen LogP contribution >= 0.6 is 33.2 Å². The number of carbonyl (C=O) groups excluding carboxylic acids is 2. The van der Waals surface area contributed by atoms with Gasteiger partial charge in [0.1, 0.15) is 5.04 Å². The predicted molar refractivity (Wildman–Crippen MR) is 52.0 cm³/mol. The van der Waals surface area contributed by atoms with Gasteiger partial charge < -0.3 is 4.74 Å². The summed E-state index contributed by atoms with van der Waals surface area (Å²) in [4.78, 5) is 22.2. The molecule has 0 N–H and O–H groups in total. The van der Waals surface area contributed by atoms with Crippen LogP contribution in [0.1, 0.15) is 19.8 Å². The average molecular weight is 262 g/mol. The van der Waals surface area contributed by atoms with E-state index in [1.165, 1.54) is 0 Å². The molecule has 74 valence electrons. The second kappa shape index (κ2) is 3.42. The minimum absolute atomic E-state index is 0.106. The van der Waals surface area contributed by atoms with Gasteiger partial charge in [0.25, 0.3) is 0 Å². The minimum atomic E-state index is -3.26. The van der Waals surface area contributed by atoms with E-state index in [1.54, 1.807) is 6.92 Å². The molecular formula is C6H7Cl3O3Si. The molecule has 1 atom stereocenters. The van der Waals surface area contributed by atoms with E-state index in [4.69, 9.17) is 33.2 Å². The fraction of sp³-hybridized carbons (Fsp3) is 0.667. The molecule has 0 aliphatic carbocycles. The molecule has 13 heavy (non-hydrogen) atoms. The minimum Gasteiger partial charge on any atom is -0.393 e. The molecule has 1 aliphatic rings. The largest absolute Gasteiger partial charge is 0.393 e. The lowest BCUT2D eigenvalue weighted by molar-refractivity contribution is -0.152. The van der Waals surface area contributed by atoms with E-state index in [0.717, 1.165) is 0 Å². The van der Waals surface area contributed by atoms with Crippen molar-refractivity contribution >= 4 is 51.2 Å². The van der Waals surface area contributed by atoms with Gasteiger partial charge in [0, 0.05) is 0 Å². The molecule has 1 unspecified atom stereocenters. The summed E-state index contributed by atoms with van der Waals surface area (Å²) in [7, 11) is 0. The fourth-order valence-corrected chi connectivity index (χ4v) is 4.77. The van der Waals surface area contributed by atoms with E-state index in [-0.39, 0.29) is 6.42 Å². The van der Waals surface area contributed by atoms with Crippen molar-refractivity contribution in [3.8, 4) is 0 Å². The Morgan fingerprint density at radius 1 is 1.46 bits per heavy atom. The Balaban J connectivity index is 3.08. The Morgan fingerprint density at radius 2 is 2.00 bits per heavy atom. The molecule has 0 aromatic carbocycles. The highest BCUT2D eigenvalue weighted by Crippen LogP contribution is 2.55. The fourth-order valence-electron chi connectivity index (χ4n) is 1.24. The van der Waals surface area contributed by atoms with Crippen molar-refractivity contribution in [3.05, 3.63) is 0 Å². The number of esters is 2. The normalized spacial score (nSPS) is 29.2. The van der Waals surface area contributed by atoms with Crippen LogP contribution in [0.3, 0.4) is 0 Å². The molecule has 3 nitrogen and oxygen atoms in total. The summed E-state index contributed by atoms with van der Waals surface area (Å²) in [5.41, 5.74) is 0. The van der Waals surface area contributed by atoms with Crippen LogP contribution < -0.4 is 0 Å². The highest BCUT2D eigenvalue weighted by Gasteiger charge is 2.62. The molecule has 0 aromatic heterocycles. The standard InChI is InChI=1S/C6H7Cl3O3Si/c1-2-6(13(7,8)9)3-4(10)12-5(6)11/h2-3H2,1H3. The molecule has 0 saturated carbocycles. The van der Waals surface area contributed by atoms with E-state index in [1.807, 2.05) is 0 Å². The quantitative estimate of drug-likeness (QED) is 0.331. The van der Waals surface area contributed by atoms with Crippen molar-refractivity contribution in [2.45, 2.75) is 24.8 Å². The molecule has 0 aromatic rings. The SMILES string of the molecule is CCC1([Si](Cl)(Cl)Cl)CC(=O)OC1=O. The Morgan fingerprint density at radius 3 is 2.15 bits per heavy atom. The maximum atomic E-state index is 11.3. The van der Waals surface area contributed by atoms with Crippen molar-refractivity contribution in [1.29, 1.82) is 0 Å². The van der Waals surface area contributed by atoms with Crippen LogP contribution in [0.5, 0.6) is 0 Å². The number of halogens is 3. The smallest absolute Gasteiger partial charge is 0.358 e. The van der Waals surface area contributed by atoms with Crippen LogP contribution in [0.4, 0.5) is 0 Å². The van der Waals surface area contributed by atoms with Crippen molar-refractivity contribution in [2.75, 3.05) is 0 Å². The summed E-state index contributed by atoms with van der Waals surface area (Å²) in [6.45, 7) is 1.70. The van der Waals surface area contributed by atoms with Crippen molar-refractivity contribution < 1.29 is 14.3 Å². The van der Waals surface area contributed by atoms with E-state index >= 15 is 0 Å². The van der Waals surface area contributed by atoms with Crippen molar-refractivity contribution in [1.82, 2.24) is 0 Å². The number of hydrogen-bond acceptors (Lipinski definition) is 3. The molecule has 1 fully saturated rings. The first-order valence-electron chi connectivity index (χ1n) is 3.65. The van der Waals surface area contributed by atoms with Gasteiger partial charge in [-0.05, 0) is 6.42 Å². The zero-order valence-electron chi connectivity index (χ0n) is 6.77. The van der Waals surface area contributed by atoms with Crippen LogP contribution in [0.15, 0.2) is 0 Å². The lowest BCUT2D eigenvalue weighted by atomic mass is 10.0. The number of rotatable bonds is 2. The molecule has 0 radical (unpaired) electrons. The van der Waals surface area contributed by atoms with Crippen LogP contribution in [-0.2, 0) is 14.3 Å². The summed E-state index contributed by atoms with van der Waals surface area (Å²) in [5, 5.41) is -1.17. The summed E-state index contributed by atoms with van der Waals surface area (Å²) in [6.07, 6.45) is 0.214. The summed E-state index contributed by atoms with van der Waals surface area (Å²) < 4.78 is 4.40. The molecule has 1 aliphatic heterocycles. The molecule has 0 amide bonds. The molecule has 0 bridgehead atoms. The molecule has 1 rings (SSSR count). The van der Waals surface area contributed by atoms with Gasteiger partial charge in [-0.3, -0.25) is 9.59 Å². The van der Waals surface area contributed by atoms with E-state index in [2.05, 4.69) is 4.74 Å². The topological polar surface area (TPSA) is 43.4 Å². The second-order valence-corrected chi connectivity index (χ2v) is 11.7. The monoisotopic (exact) mass is 260 g/mol. The number of hydrogen-bond donors (Lipinski definition) is 0. The van der Waals surface area contributed by atoms with Crippen LogP contribution in [0.2, 0.25) is 5.04 Å². The number of ether oxygens (including phenoxy) is 1. The van der Waals surface area contributed by atoms with Gasteiger partial charge in [-0.15, -0.1) is 33.2 Å². The Labute approximate surface area is 90.4 Å². The summed E-state index contributed by atoms with van der Waals surface area (Å²) >= 11 is 17.3. The third-order valence-electron chi connectivity index (χ3n) is 2.19. The van der Waals surface area contributed by atoms with Gasteiger partial charge in [0.05, 0.1) is 6.42 Å². The maximum absolute atomic E-state index is 11.3. The van der Waals surface area contributed by atoms with Gasteiger partial charge >= 0.3 is 17.9 Å². The van der Waals surface area contributed by atoms with Crippen molar-refractivity contribution in [2.24, 2.45) is 0 Å². The molecular weight excluding hydrogens is 255 g/mol. The molecule has 1 heterocycles. The van der Waals surface area contributed by atoms with Crippen LogP contribution in [0, 0.1) is 0 Å². The highest BCUT2D eigenvalue weighted by molar-refractivity contribution is 7.66. The Kier molecular flexibility index (Phi) is 2.97. The lowest BCUT2D eigenvalue weighted by Crippen LogP contribution is -2.36. The third kappa shape index (κ3) is 1.73. The first-order chi connectivity index (χ1) is 5.83. The van der Waals surface area contributed by atoms with Gasteiger partial charge in [0.2, 0.25) is 0 Å². The predicted octanol–water partition coefficient (Wildman–Crippen LogP) is 2.27. The van der Waals surface area contributed by atoms with E-state index in [9.17, 15) is 9.59 Å². The third-order valence-corrected chi connectivity index (χ3v) is 7.27. The zero-order chi connectivity index (χ0) is 10.3. The van der Waals surface area contributed by atoms with Crippen LogP contribution in [0.25, 0.3) is 0 Å². The second-order valence-electron chi connectivity index (χ2n) is 2.87. The molecule has 7 heteroatoms. The lowest BCUT2D eigenvalue weighted by Gasteiger charge is -2.26. The molecule has 0 spiro atoms. The van der Waals surface area contributed by atoms with Crippen LogP contribution in [-0.4, -0.2) is 17.9 Å². The Bertz CT molecular complexity index is 262. The number of carbonyl (C=O) groups is 2. The molecule has 1 saturated heterocycles. The average Bonchev–Trinajstić information content (AvgIpc) is 2.25. The summed E-state index contributed by atoms with van der Waals surface area (Å²) in [6, 6.07) is -3.26. The van der Waals surface area contributed by atoms with E-state index in [0.29, 0.717) is 6.42 Å². The van der Waals surface area contributed by atoms with Gasteiger partial charge in [-0.25, -0.2) is 0 Å². The number of cyclic esters (lactones) is 2. The highest BCUT2D eigenvalue weighted by atomic mass is 35.8. The van der Waals surface area contributed by atoms with Gasteiger partial charge in [0.15, 0.2) is 0 Å². The maximum Gasteiger partial charge on any atom is 0.358 e. The summed E-state index contributed by atoms with van der Waals surface area (Å²) in [5.74, 6) is -1.29. The van der Waals surface area contributed by atoms with E-state index < -0.39 is 23.0 Å². The first-order valence-corrected chi connectivity index (χ1v) is 8.69. The van der Waals surface area contributed by atoms with Gasteiger partial charge in [-0.2, -0.15) is 0 Å². The van der Waals surface area contributed by atoms with Crippen molar-refractivity contribution in [3.63, 3.8) is 0 Å².